The number of anilines is 2. The highest BCUT2D eigenvalue weighted by atomic mass is 16.1. The average molecular weight is 247 g/mol. The molecule has 0 spiro atoms. The van der Waals surface area contributed by atoms with E-state index in [2.05, 4.69) is 10.6 Å². The second kappa shape index (κ2) is 6.69. The monoisotopic (exact) mass is 247 g/mol. The molecule has 1 amide bonds. The SMILES string of the molecule is CCC(C)NC(=O)/C=C/c1cc(N)ccc1NC. The van der Waals surface area contributed by atoms with Crippen LogP contribution < -0.4 is 16.4 Å². The number of hydrogen-bond donors (Lipinski definition) is 3. The minimum Gasteiger partial charge on any atom is -0.399 e. The Balaban J connectivity index is 2.77. The first kappa shape index (κ1) is 14.1. The van der Waals surface area contributed by atoms with E-state index in [0.717, 1.165) is 17.7 Å². The summed E-state index contributed by atoms with van der Waals surface area (Å²) >= 11 is 0. The Morgan fingerprint density at radius 3 is 2.83 bits per heavy atom. The van der Waals surface area contributed by atoms with Gasteiger partial charge in [0.15, 0.2) is 0 Å². The molecule has 98 valence electrons. The highest BCUT2D eigenvalue weighted by Gasteiger charge is 2.02. The molecule has 1 aromatic carbocycles. The molecule has 18 heavy (non-hydrogen) atoms. The topological polar surface area (TPSA) is 67.2 Å². The van der Waals surface area contributed by atoms with E-state index in [1.807, 2.05) is 39.1 Å². The van der Waals surface area contributed by atoms with E-state index in [-0.39, 0.29) is 11.9 Å². The Kier molecular flexibility index (Phi) is 5.24. The Labute approximate surface area is 108 Å². The van der Waals surface area contributed by atoms with E-state index in [0.29, 0.717) is 5.69 Å². The number of carbonyl (C=O) groups is 1. The van der Waals surface area contributed by atoms with Gasteiger partial charge >= 0.3 is 0 Å². The number of nitrogens with two attached hydrogens (primary N) is 1. The Morgan fingerprint density at radius 2 is 2.22 bits per heavy atom. The van der Waals surface area contributed by atoms with Crippen molar-refractivity contribution >= 4 is 23.4 Å². The van der Waals surface area contributed by atoms with E-state index in [4.69, 9.17) is 5.73 Å². The molecule has 0 radical (unpaired) electrons. The lowest BCUT2D eigenvalue weighted by molar-refractivity contribution is -0.117. The standard InChI is InChI=1S/C14H21N3O/c1-4-10(2)17-14(18)8-5-11-9-12(15)6-7-13(11)16-3/h5-10,16H,4,15H2,1-3H3,(H,17,18)/b8-5+. The van der Waals surface area contributed by atoms with Gasteiger partial charge in [0, 0.05) is 30.5 Å². The summed E-state index contributed by atoms with van der Waals surface area (Å²) in [5, 5.41) is 5.93. The lowest BCUT2D eigenvalue weighted by atomic mass is 10.1. The number of rotatable bonds is 5. The zero-order chi connectivity index (χ0) is 13.5. The summed E-state index contributed by atoms with van der Waals surface area (Å²) in [6.45, 7) is 4.01. The maximum Gasteiger partial charge on any atom is 0.244 e. The van der Waals surface area contributed by atoms with Gasteiger partial charge in [0.2, 0.25) is 5.91 Å². The first-order valence-electron chi connectivity index (χ1n) is 6.12. The second-order valence-corrected chi connectivity index (χ2v) is 4.25. The number of nitrogen functional groups attached to an aromatic ring is 1. The fraction of sp³-hybridized carbons (Fsp3) is 0.357. The van der Waals surface area contributed by atoms with Crippen molar-refractivity contribution in [3.63, 3.8) is 0 Å². The molecule has 0 fully saturated rings. The fourth-order valence-electron chi connectivity index (χ4n) is 1.51. The zero-order valence-corrected chi connectivity index (χ0v) is 11.2. The number of nitrogens with one attached hydrogen (secondary N) is 2. The van der Waals surface area contributed by atoms with E-state index in [9.17, 15) is 4.79 Å². The predicted molar refractivity (Wildman–Crippen MR) is 77.3 cm³/mol. The number of benzene rings is 1. The van der Waals surface area contributed by atoms with Crippen LogP contribution in [0.5, 0.6) is 0 Å². The molecule has 4 heteroatoms. The van der Waals surface area contributed by atoms with E-state index in [1.165, 1.54) is 6.08 Å². The van der Waals surface area contributed by atoms with Crippen LogP contribution >= 0.6 is 0 Å². The first-order valence-corrected chi connectivity index (χ1v) is 6.12. The largest absolute Gasteiger partial charge is 0.399 e. The van der Waals surface area contributed by atoms with Crippen molar-refractivity contribution in [1.82, 2.24) is 5.32 Å². The molecule has 0 aromatic heterocycles. The van der Waals surface area contributed by atoms with Crippen LogP contribution in [-0.4, -0.2) is 19.0 Å². The molecule has 1 unspecified atom stereocenters. The van der Waals surface area contributed by atoms with Crippen LogP contribution in [0.4, 0.5) is 11.4 Å². The molecule has 0 aliphatic heterocycles. The summed E-state index contributed by atoms with van der Waals surface area (Å²) in [6.07, 6.45) is 4.21. The van der Waals surface area contributed by atoms with Crippen molar-refractivity contribution in [1.29, 1.82) is 0 Å². The summed E-state index contributed by atoms with van der Waals surface area (Å²) in [7, 11) is 1.84. The summed E-state index contributed by atoms with van der Waals surface area (Å²) in [4.78, 5) is 11.6. The van der Waals surface area contributed by atoms with Crippen molar-refractivity contribution in [2.75, 3.05) is 18.1 Å². The van der Waals surface area contributed by atoms with Gasteiger partial charge in [-0.15, -0.1) is 0 Å². The van der Waals surface area contributed by atoms with Gasteiger partial charge in [0.1, 0.15) is 0 Å². The Hall–Kier alpha value is -1.97. The van der Waals surface area contributed by atoms with Gasteiger partial charge in [0.25, 0.3) is 0 Å². The van der Waals surface area contributed by atoms with Gasteiger partial charge in [0.05, 0.1) is 0 Å². The second-order valence-electron chi connectivity index (χ2n) is 4.25. The summed E-state index contributed by atoms with van der Waals surface area (Å²) in [5.74, 6) is -0.0890. The van der Waals surface area contributed by atoms with E-state index in [1.54, 1.807) is 6.08 Å². The molecule has 0 saturated heterocycles. The van der Waals surface area contributed by atoms with Crippen LogP contribution in [0.3, 0.4) is 0 Å². The maximum atomic E-state index is 11.6. The number of carbonyl (C=O) groups excluding carboxylic acids is 1. The number of hydrogen-bond acceptors (Lipinski definition) is 3. The predicted octanol–water partition coefficient (Wildman–Crippen LogP) is 2.24. The van der Waals surface area contributed by atoms with Crippen molar-refractivity contribution in [3.8, 4) is 0 Å². The van der Waals surface area contributed by atoms with Crippen LogP contribution in [0.2, 0.25) is 0 Å². The van der Waals surface area contributed by atoms with Gasteiger partial charge in [-0.05, 0) is 43.2 Å². The van der Waals surface area contributed by atoms with Gasteiger partial charge in [-0.1, -0.05) is 6.92 Å². The Morgan fingerprint density at radius 1 is 1.50 bits per heavy atom. The van der Waals surface area contributed by atoms with Crippen LogP contribution in [0.15, 0.2) is 24.3 Å². The van der Waals surface area contributed by atoms with Crippen molar-refractivity contribution in [2.24, 2.45) is 0 Å². The third kappa shape index (κ3) is 4.13. The van der Waals surface area contributed by atoms with Crippen molar-refractivity contribution in [2.45, 2.75) is 26.3 Å². The third-order valence-electron chi connectivity index (χ3n) is 2.76. The lowest BCUT2D eigenvalue weighted by Crippen LogP contribution is -2.30. The molecule has 0 aliphatic carbocycles. The van der Waals surface area contributed by atoms with Crippen molar-refractivity contribution in [3.05, 3.63) is 29.8 Å². The van der Waals surface area contributed by atoms with Gasteiger partial charge in [-0.3, -0.25) is 4.79 Å². The minimum absolute atomic E-state index is 0.0890. The average Bonchev–Trinajstić information content (AvgIpc) is 2.36. The molecule has 0 heterocycles. The molecule has 0 saturated carbocycles. The minimum atomic E-state index is -0.0890. The van der Waals surface area contributed by atoms with Crippen LogP contribution in [0.1, 0.15) is 25.8 Å². The van der Waals surface area contributed by atoms with Crippen molar-refractivity contribution < 1.29 is 4.79 Å². The molecule has 0 bridgehead atoms. The number of amides is 1. The Bertz CT molecular complexity index is 441. The van der Waals surface area contributed by atoms with Gasteiger partial charge in [-0.2, -0.15) is 0 Å². The molecule has 4 nitrogen and oxygen atoms in total. The smallest absolute Gasteiger partial charge is 0.244 e. The zero-order valence-electron chi connectivity index (χ0n) is 11.2. The first-order chi connectivity index (χ1) is 8.56. The van der Waals surface area contributed by atoms with Gasteiger partial charge in [-0.25, -0.2) is 0 Å². The third-order valence-corrected chi connectivity index (χ3v) is 2.76. The maximum absolute atomic E-state index is 11.6. The molecular formula is C14H21N3O. The fourth-order valence-corrected chi connectivity index (χ4v) is 1.51. The highest BCUT2D eigenvalue weighted by molar-refractivity contribution is 5.93. The molecule has 1 aromatic rings. The van der Waals surface area contributed by atoms with Crippen LogP contribution in [0.25, 0.3) is 6.08 Å². The van der Waals surface area contributed by atoms with E-state index < -0.39 is 0 Å². The van der Waals surface area contributed by atoms with Crippen LogP contribution in [0, 0.1) is 0 Å². The summed E-state index contributed by atoms with van der Waals surface area (Å²) in [6, 6.07) is 5.73. The molecule has 0 aliphatic rings. The van der Waals surface area contributed by atoms with Crippen LogP contribution in [-0.2, 0) is 4.79 Å². The molecule has 1 atom stereocenters. The van der Waals surface area contributed by atoms with Gasteiger partial charge < -0.3 is 16.4 Å². The highest BCUT2D eigenvalue weighted by Crippen LogP contribution is 2.19. The normalized spacial score (nSPS) is 12.4. The van der Waals surface area contributed by atoms with E-state index >= 15 is 0 Å². The summed E-state index contributed by atoms with van der Waals surface area (Å²) < 4.78 is 0. The molecule has 1 rings (SSSR count). The molecule has 4 N–H and O–H groups in total. The summed E-state index contributed by atoms with van der Waals surface area (Å²) in [5.41, 5.74) is 8.25. The lowest BCUT2D eigenvalue weighted by Gasteiger charge is -2.09. The quantitative estimate of drug-likeness (QED) is 0.552. The molecular weight excluding hydrogens is 226 g/mol.